The lowest BCUT2D eigenvalue weighted by molar-refractivity contribution is -0.120. The number of rotatable bonds is 8. The average molecular weight is 255 g/mol. The highest BCUT2D eigenvalue weighted by atomic mass is 16.5. The summed E-state index contributed by atoms with van der Waals surface area (Å²) in [6.07, 6.45) is 7.97. The third-order valence-electron chi connectivity index (χ3n) is 2.54. The molecule has 0 atom stereocenters. The SMILES string of the molecule is COCC=CC(C=CCOC)C(C)(C)NC(C)=O. The maximum atomic E-state index is 11.2. The molecule has 1 N–H and O–H groups in total. The van der Waals surface area contributed by atoms with E-state index in [2.05, 4.69) is 5.32 Å². The first-order chi connectivity index (χ1) is 8.44. The number of amides is 1. The summed E-state index contributed by atoms with van der Waals surface area (Å²) in [7, 11) is 3.30. The zero-order valence-electron chi connectivity index (χ0n) is 12.0. The van der Waals surface area contributed by atoms with Crippen LogP contribution in [-0.4, -0.2) is 38.9 Å². The monoisotopic (exact) mass is 255 g/mol. The van der Waals surface area contributed by atoms with E-state index in [1.165, 1.54) is 6.92 Å². The first-order valence-electron chi connectivity index (χ1n) is 6.04. The van der Waals surface area contributed by atoms with Gasteiger partial charge in [0.1, 0.15) is 0 Å². The molecule has 0 aliphatic carbocycles. The van der Waals surface area contributed by atoms with Crippen LogP contribution in [0.5, 0.6) is 0 Å². The minimum atomic E-state index is -0.347. The molecule has 0 aliphatic rings. The van der Waals surface area contributed by atoms with Gasteiger partial charge < -0.3 is 14.8 Å². The van der Waals surface area contributed by atoms with Crippen LogP contribution >= 0.6 is 0 Å². The molecular weight excluding hydrogens is 230 g/mol. The molecule has 0 unspecified atom stereocenters. The van der Waals surface area contributed by atoms with Crippen LogP contribution in [0.1, 0.15) is 20.8 Å². The van der Waals surface area contributed by atoms with Crippen LogP contribution < -0.4 is 5.32 Å². The summed E-state index contributed by atoms with van der Waals surface area (Å²) in [6.45, 7) is 6.63. The summed E-state index contributed by atoms with van der Waals surface area (Å²) in [5.74, 6) is 0.0528. The molecule has 0 heterocycles. The first kappa shape index (κ1) is 16.9. The topological polar surface area (TPSA) is 47.6 Å². The molecule has 0 aromatic rings. The Balaban J connectivity index is 4.76. The highest BCUT2D eigenvalue weighted by molar-refractivity contribution is 5.73. The number of carbonyl (C=O) groups is 1. The molecule has 18 heavy (non-hydrogen) atoms. The van der Waals surface area contributed by atoms with Gasteiger partial charge >= 0.3 is 0 Å². The third kappa shape index (κ3) is 7.25. The molecule has 0 aromatic carbocycles. The van der Waals surface area contributed by atoms with Crippen LogP contribution in [0.25, 0.3) is 0 Å². The highest BCUT2D eigenvalue weighted by Gasteiger charge is 2.26. The summed E-state index contributed by atoms with van der Waals surface area (Å²) in [5, 5.41) is 2.95. The second-order valence-corrected chi connectivity index (χ2v) is 4.70. The van der Waals surface area contributed by atoms with Crippen molar-refractivity contribution in [3.8, 4) is 0 Å². The summed E-state index contributed by atoms with van der Waals surface area (Å²) in [6, 6.07) is 0. The molecule has 0 saturated heterocycles. The molecule has 4 heteroatoms. The summed E-state index contributed by atoms with van der Waals surface area (Å²) in [5.41, 5.74) is -0.347. The van der Waals surface area contributed by atoms with Crippen LogP contribution in [-0.2, 0) is 14.3 Å². The molecule has 4 nitrogen and oxygen atoms in total. The van der Waals surface area contributed by atoms with Gasteiger partial charge in [0.05, 0.1) is 13.2 Å². The van der Waals surface area contributed by atoms with Gasteiger partial charge in [-0.25, -0.2) is 0 Å². The summed E-state index contributed by atoms with van der Waals surface area (Å²) in [4.78, 5) is 11.2. The van der Waals surface area contributed by atoms with E-state index in [1.54, 1.807) is 14.2 Å². The van der Waals surface area contributed by atoms with E-state index in [0.717, 1.165) is 0 Å². The van der Waals surface area contributed by atoms with Crippen molar-refractivity contribution in [3.63, 3.8) is 0 Å². The largest absolute Gasteiger partial charge is 0.381 e. The van der Waals surface area contributed by atoms with Gasteiger partial charge in [-0.05, 0) is 13.8 Å². The predicted molar refractivity (Wildman–Crippen MR) is 73.4 cm³/mol. The predicted octanol–water partition coefficient (Wildman–Crippen LogP) is 1.92. The van der Waals surface area contributed by atoms with Crippen molar-refractivity contribution in [2.45, 2.75) is 26.3 Å². The number of carbonyl (C=O) groups excluding carboxylic acids is 1. The summed E-state index contributed by atoms with van der Waals surface area (Å²) >= 11 is 0. The van der Waals surface area contributed by atoms with E-state index in [4.69, 9.17) is 9.47 Å². The van der Waals surface area contributed by atoms with E-state index in [-0.39, 0.29) is 17.4 Å². The van der Waals surface area contributed by atoms with Gasteiger partial charge in [-0.3, -0.25) is 4.79 Å². The lowest BCUT2D eigenvalue weighted by Crippen LogP contribution is -2.47. The highest BCUT2D eigenvalue weighted by Crippen LogP contribution is 2.20. The van der Waals surface area contributed by atoms with Crippen molar-refractivity contribution in [1.82, 2.24) is 5.32 Å². The molecular formula is C14H25NO3. The maximum absolute atomic E-state index is 11.2. The van der Waals surface area contributed by atoms with Gasteiger partial charge in [0.25, 0.3) is 0 Å². The lowest BCUT2D eigenvalue weighted by Gasteiger charge is -2.31. The van der Waals surface area contributed by atoms with Gasteiger partial charge in [-0.2, -0.15) is 0 Å². The summed E-state index contributed by atoms with van der Waals surface area (Å²) < 4.78 is 9.98. The minimum absolute atomic E-state index is 0.0368. The molecule has 0 bridgehead atoms. The minimum Gasteiger partial charge on any atom is -0.381 e. The molecule has 0 aliphatic heterocycles. The molecule has 0 fully saturated rings. The Morgan fingerprint density at radius 2 is 1.61 bits per heavy atom. The Bertz CT molecular complexity index is 279. The van der Waals surface area contributed by atoms with E-state index >= 15 is 0 Å². The normalized spacial score (nSPS) is 14.3. The molecule has 0 rings (SSSR count). The number of hydrogen-bond donors (Lipinski definition) is 1. The van der Waals surface area contributed by atoms with Gasteiger partial charge in [-0.15, -0.1) is 0 Å². The van der Waals surface area contributed by atoms with Crippen LogP contribution in [0.15, 0.2) is 24.3 Å². The standard InChI is InChI=1S/C14H25NO3/c1-12(16)15-14(2,3)13(8-6-10-17-4)9-7-11-18-5/h6-9,13H,10-11H2,1-5H3,(H,15,16). The Kier molecular flexibility index (Phi) is 8.33. The van der Waals surface area contributed by atoms with Gasteiger partial charge in [0.15, 0.2) is 0 Å². The fourth-order valence-electron chi connectivity index (χ4n) is 1.68. The molecule has 0 saturated carbocycles. The number of hydrogen-bond acceptors (Lipinski definition) is 3. The fraction of sp³-hybridized carbons (Fsp3) is 0.643. The molecule has 104 valence electrons. The quantitative estimate of drug-likeness (QED) is 0.674. The lowest BCUT2D eigenvalue weighted by atomic mass is 9.86. The third-order valence-corrected chi connectivity index (χ3v) is 2.54. The van der Waals surface area contributed by atoms with Gasteiger partial charge in [0.2, 0.25) is 5.91 Å². The molecule has 0 radical (unpaired) electrons. The Morgan fingerprint density at radius 3 is 1.94 bits per heavy atom. The Hall–Kier alpha value is -1.13. The average Bonchev–Trinajstić information content (AvgIpc) is 2.25. The van der Waals surface area contributed by atoms with Crippen molar-refractivity contribution in [3.05, 3.63) is 24.3 Å². The van der Waals surface area contributed by atoms with Gasteiger partial charge in [0, 0.05) is 32.6 Å². The van der Waals surface area contributed by atoms with Crippen molar-refractivity contribution < 1.29 is 14.3 Å². The second kappa shape index (κ2) is 8.89. The number of methoxy groups -OCH3 is 2. The maximum Gasteiger partial charge on any atom is 0.217 e. The van der Waals surface area contributed by atoms with E-state index in [9.17, 15) is 4.79 Å². The van der Waals surface area contributed by atoms with Crippen molar-refractivity contribution in [2.24, 2.45) is 5.92 Å². The van der Waals surface area contributed by atoms with Crippen LogP contribution in [0, 0.1) is 5.92 Å². The number of nitrogens with one attached hydrogen (secondary N) is 1. The smallest absolute Gasteiger partial charge is 0.217 e. The molecule has 0 aromatic heterocycles. The number of ether oxygens (including phenoxy) is 2. The zero-order valence-corrected chi connectivity index (χ0v) is 12.0. The Labute approximate surface area is 110 Å². The second-order valence-electron chi connectivity index (χ2n) is 4.70. The Morgan fingerprint density at radius 1 is 1.17 bits per heavy atom. The fourth-order valence-corrected chi connectivity index (χ4v) is 1.68. The first-order valence-corrected chi connectivity index (χ1v) is 6.04. The van der Waals surface area contributed by atoms with Crippen LogP contribution in [0.2, 0.25) is 0 Å². The van der Waals surface area contributed by atoms with E-state index < -0.39 is 0 Å². The zero-order chi connectivity index (χ0) is 14.0. The van der Waals surface area contributed by atoms with Crippen LogP contribution in [0.4, 0.5) is 0 Å². The van der Waals surface area contributed by atoms with Gasteiger partial charge in [-0.1, -0.05) is 24.3 Å². The molecule has 1 amide bonds. The van der Waals surface area contributed by atoms with Crippen LogP contribution in [0.3, 0.4) is 0 Å². The van der Waals surface area contributed by atoms with Crippen molar-refractivity contribution in [1.29, 1.82) is 0 Å². The van der Waals surface area contributed by atoms with E-state index in [1.807, 2.05) is 38.2 Å². The van der Waals surface area contributed by atoms with Crippen molar-refractivity contribution >= 4 is 5.91 Å². The van der Waals surface area contributed by atoms with E-state index in [0.29, 0.717) is 13.2 Å². The molecule has 0 spiro atoms. The van der Waals surface area contributed by atoms with Crippen molar-refractivity contribution in [2.75, 3.05) is 27.4 Å².